The summed E-state index contributed by atoms with van der Waals surface area (Å²) < 4.78 is 1.78. The molecule has 15 heavy (non-hydrogen) atoms. The van der Waals surface area contributed by atoms with Crippen LogP contribution in [0.2, 0.25) is 0 Å². The minimum atomic E-state index is -0.584. The van der Waals surface area contributed by atoms with Crippen LogP contribution in [-0.2, 0) is 13.5 Å². The third-order valence-corrected chi connectivity index (χ3v) is 2.81. The van der Waals surface area contributed by atoms with Crippen LogP contribution in [0.15, 0.2) is 12.4 Å². The smallest absolute Gasteiger partial charge is 0.0938 e. The average molecular weight is 211 g/mol. The first-order valence-corrected chi connectivity index (χ1v) is 5.21. The van der Waals surface area contributed by atoms with Crippen molar-refractivity contribution in [2.75, 3.05) is 19.6 Å². The molecule has 0 spiro atoms. The molecule has 1 aromatic heterocycles. The molecule has 1 aliphatic heterocycles. The van der Waals surface area contributed by atoms with Crippen LogP contribution in [0.1, 0.15) is 5.56 Å². The first-order chi connectivity index (χ1) is 7.15. The topological polar surface area (TPSA) is 61.5 Å². The summed E-state index contributed by atoms with van der Waals surface area (Å²) in [6, 6.07) is 0. The van der Waals surface area contributed by atoms with Gasteiger partial charge in [-0.1, -0.05) is 0 Å². The predicted octanol–water partition coefficient (Wildman–Crippen LogP) is -1.00. The second-order valence-electron chi connectivity index (χ2n) is 4.17. The van der Waals surface area contributed by atoms with Gasteiger partial charge in [0, 0.05) is 32.9 Å². The lowest BCUT2D eigenvalue weighted by Gasteiger charge is -2.13. The van der Waals surface area contributed by atoms with Crippen molar-refractivity contribution in [2.45, 2.75) is 18.6 Å². The van der Waals surface area contributed by atoms with E-state index in [0.29, 0.717) is 13.1 Å². The van der Waals surface area contributed by atoms with Gasteiger partial charge in [-0.25, -0.2) is 0 Å². The normalized spacial score (nSPS) is 27.4. The van der Waals surface area contributed by atoms with Crippen molar-refractivity contribution >= 4 is 0 Å². The van der Waals surface area contributed by atoms with E-state index in [9.17, 15) is 10.2 Å². The van der Waals surface area contributed by atoms with Crippen molar-refractivity contribution in [1.29, 1.82) is 0 Å². The summed E-state index contributed by atoms with van der Waals surface area (Å²) in [4.78, 5) is 2.07. The highest BCUT2D eigenvalue weighted by Gasteiger charge is 2.28. The lowest BCUT2D eigenvalue weighted by molar-refractivity contribution is 0.0572. The average Bonchev–Trinajstić information content (AvgIpc) is 2.72. The van der Waals surface area contributed by atoms with Gasteiger partial charge in [-0.3, -0.25) is 9.58 Å². The molecule has 1 saturated heterocycles. The third-order valence-electron chi connectivity index (χ3n) is 2.81. The first kappa shape index (κ1) is 10.6. The van der Waals surface area contributed by atoms with Crippen molar-refractivity contribution in [1.82, 2.24) is 14.7 Å². The molecule has 2 unspecified atom stereocenters. The Labute approximate surface area is 88.9 Å². The van der Waals surface area contributed by atoms with E-state index >= 15 is 0 Å². The number of aromatic nitrogens is 2. The molecule has 1 fully saturated rings. The fourth-order valence-electron chi connectivity index (χ4n) is 1.92. The second kappa shape index (κ2) is 4.30. The largest absolute Gasteiger partial charge is 0.389 e. The Balaban J connectivity index is 1.79. The van der Waals surface area contributed by atoms with Gasteiger partial charge in [0.1, 0.15) is 0 Å². The van der Waals surface area contributed by atoms with Gasteiger partial charge in [-0.05, 0) is 12.0 Å². The number of rotatable bonds is 3. The summed E-state index contributed by atoms with van der Waals surface area (Å²) in [5, 5.41) is 22.8. The molecule has 0 saturated carbocycles. The first-order valence-electron chi connectivity index (χ1n) is 5.21. The number of hydrogen-bond acceptors (Lipinski definition) is 4. The number of aliphatic hydroxyl groups excluding tert-OH is 2. The number of aryl methyl sites for hydroxylation is 1. The van der Waals surface area contributed by atoms with Crippen molar-refractivity contribution < 1.29 is 10.2 Å². The Hall–Kier alpha value is -0.910. The summed E-state index contributed by atoms with van der Waals surface area (Å²) in [5.41, 5.74) is 1.19. The molecule has 1 aliphatic rings. The van der Waals surface area contributed by atoms with E-state index in [-0.39, 0.29) is 0 Å². The standard InChI is InChI=1S/C10H17N3O2/c1-12-5-8(4-11-12)2-3-13-6-9(14)10(15)7-13/h4-5,9-10,14-15H,2-3,6-7H2,1H3. The lowest BCUT2D eigenvalue weighted by Crippen LogP contribution is -2.24. The van der Waals surface area contributed by atoms with Gasteiger partial charge in [0.05, 0.1) is 18.4 Å². The van der Waals surface area contributed by atoms with Gasteiger partial charge < -0.3 is 10.2 Å². The molecule has 5 heteroatoms. The van der Waals surface area contributed by atoms with E-state index in [2.05, 4.69) is 10.00 Å². The monoisotopic (exact) mass is 211 g/mol. The van der Waals surface area contributed by atoms with E-state index in [1.165, 1.54) is 5.56 Å². The maximum Gasteiger partial charge on any atom is 0.0938 e. The fraction of sp³-hybridized carbons (Fsp3) is 0.700. The maximum absolute atomic E-state index is 9.36. The summed E-state index contributed by atoms with van der Waals surface area (Å²) in [5.74, 6) is 0. The number of hydrogen-bond donors (Lipinski definition) is 2. The zero-order valence-corrected chi connectivity index (χ0v) is 8.87. The van der Waals surface area contributed by atoms with Crippen LogP contribution in [0.25, 0.3) is 0 Å². The Morgan fingerprint density at radius 2 is 2.07 bits per heavy atom. The molecule has 0 amide bonds. The van der Waals surface area contributed by atoms with E-state index in [4.69, 9.17) is 0 Å². The van der Waals surface area contributed by atoms with Gasteiger partial charge >= 0.3 is 0 Å². The lowest BCUT2D eigenvalue weighted by atomic mass is 10.2. The molecule has 0 radical (unpaired) electrons. The van der Waals surface area contributed by atoms with Crippen LogP contribution in [0.5, 0.6) is 0 Å². The van der Waals surface area contributed by atoms with Crippen molar-refractivity contribution in [2.24, 2.45) is 7.05 Å². The maximum atomic E-state index is 9.36. The molecule has 0 aliphatic carbocycles. The van der Waals surface area contributed by atoms with E-state index in [0.717, 1.165) is 13.0 Å². The van der Waals surface area contributed by atoms with Gasteiger partial charge in [0.15, 0.2) is 0 Å². The van der Waals surface area contributed by atoms with Crippen LogP contribution < -0.4 is 0 Å². The third kappa shape index (κ3) is 2.56. The Kier molecular flexibility index (Phi) is 3.04. The second-order valence-corrected chi connectivity index (χ2v) is 4.17. The zero-order chi connectivity index (χ0) is 10.8. The van der Waals surface area contributed by atoms with Crippen LogP contribution in [0.4, 0.5) is 0 Å². The van der Waals surface area contributed by atoms with Crippen LogP contribution >= 0.6 is 0 Å². The summed E-state index contributed by atoms with van der Waals surface area (Å²) in [6.07, 6.45) is 3.58. The Morgan fingerprint density at radius 1 is 1.40 bits per heavy atom. The molecule has 2 heterocycles. The number of likely N-dealkylation sites (tertiary alicyclic amines) is 1. The molecule has 0 bridgehead atoms. The van der Waals surface area contributed by atoms with Gasteiger partial charge in [0.25, 0.3) is 0 Å². The molecule has 5 nitrogen and oxygen atoms in total. The van der Waals surface area contributed by atoms with Gasteiger partial charge in [0.2, 0.25) is 0 Å². The zero-order valence-electron chi connectivity index (χ0n) is 8.87. The fourth-order valence-corrected chi connectivity index (χ4v) is 1.92. The molecule has 1 aromatic rings. The van der Waals surface area contributed by atoms with Crippen LogP contribution in [0, 0.1) is 0 Å². The molecule has 0 aromatic carbocycles. The van der Waals surface area contributed by atoms with Crippen molar-refractivity contribution in [3.63, 3.8) is 0 Å². The number of aliphatic hydroxyl groups is 2. The van der Waals surface area contributed by atoms with Crippen LogP contribution in [-0.4, -0.2) is 56.7 Å². The van der Waals surface area contributed by atoms with Crippen molar-refractivity contribution in [3.05, 3.63) is 18.0 Å². The molecular weight excluding hydrogens is 194 g/mol. The molecular formula is C10H17N3O2. The highest BCUT2D eigenvalue weighted by molar-refractivity contribution is 5.04. The number of nitrogens with zero attached hydrogens (tertiary/aromatic N) is 3. The Morgan fingerprint density at radius 3 is 2.60 bits per heavy atom. The van der Waals surface area contributed by atoms with E-state index in [1.54, 1.807) is 4.68 Å². The molecule has 2 atom stereocenters. The van der Waals surface area contributed by atoms with Crippen LogP contribution in [0.3, 0.4) is 0 Å². The summed E-state index contributed by atoms with van der Waals surface area (Å²) in [7, 11) is 1.90. The molecule has 2 N–H and O–H groups in total. The minimum Gasteiger partial charge on any atom is -0.389 e. The SMILES string of the molecule is Cn1cc(CCN2CC(O)C(O)C2)cn1. The Bertz CT molecular complexity index is 316. The minimum absolute atomic E-state index is 0.571. The van der Waals surface area contributed by atoms with Gasteiger partial charge in [-0.15, -0.1) is 0 Å². The van der Waals surface area contributed by atoms with Gasteiger partial charge in [-0.2, -0.15) is 5.10 Å². The predicted molar refractivity (Wildman–Crippen MR) is 55.4 cm³/mol. The van der Waals surface area contributed by atoms with E-state index < -0.39 is 12.2 Å². The highest BCUT2D eigenvalue weighted by Crippen LogP contribution is 2.10. The highest BCUT2D eigenvalue weighted by atomic mass is 16.3. The summed E-state index contributed by atoms with van der Waals surface area (Å²) >= 11 is 0. The summed E-state index contributed by atoms with van der Waals surface area (Å²) in [6.45, 7) is 2.00. The quantitative estimate of drug-likeness (QED) is 0.673. The molecule has 2 rings (SSSR count). The van der Waals surface area contributed by atoms with E-state index in [1.807, 2.05) is 19.4 Å². The number of β-amino-alcohol motifs (C(OH)–C–C–N with tert-alkyl or cyclic N) is 2. The molecule has 84 valence electrons. The van der Waals surface area contributed by atoms with Crippen molar-refractivity contribution in [3.8, 4) is 0 Å².